The zero-order valence-corrected chi connectivity index (χ0v) is 19.3. The molecule has 2 aromatic carbocycles. The lowest BCUT2D eigenvalue weighted by molar-refractivity contribution is -0.136. The number of nitrogens with one attached hydrogen (secondary N) is 1. The molecule has 0 spiro atoms. The maximum Gasteiger partial charge on any atom is 0.304 e. The molecular weight excluding hydrogens is 374 g/mol. The molecule has 1 saturated carbocycles. The number of benzene rings is 2. The van der Waals surface area contributed by atoms with Crippen LogP contribution in [0.4, 0.5) is 0 Å². The van der Waals surface area contributed by atoms with Crippen LogP contribution >= 0.6 is 0 Å². The topological polar surface area (TPSA) is 69.6 Å². The fraction of sp³-hybridized carbons (Fsp3) is 0.577. The fourth-order valence-electron chi connectivity index (χ4n) is 4.17. The zero-order valence-electron chi connectivity index (χ0n) is 19.3. The van der Waals surface area contributed by atoms with Crippen molar-refractivity contribution in [2.75, 3.05) is 6.54 Å². The van der Waals surface area contributed by atoms with Crippen LogP contribution in [0, 0.1) is 11.3 Å². The second-order valence-corrected chi connectivity index (χ2v) is 10.1. The van der Waals surface area contributed by atoms with Crippen molar-refractivity contribution >= 4 is 16.7 Å². The predicted molar refractivity (Wildman–Crippen MR) is 125 cm³/mol. The summed E-state index contributed by atoms with van der Waals surface area (Å²) >= 11 is 0. The van der Waals surface area contributed by atoms with Crippen molar-refractivity contribution in [2.24, 2.45) is 11.3 Å². The van der Waals surface area contributed by atoms with Crippen LogP contribution in [0.5, 0.6) is 5.75 Å². The van der Waals surface area contributed by atoms with Crippen molar-refractivity contribution in [2.45, 2.75) is 78.7 Å². The number of aliphatic carboxylic acids is 1. The van der Waals surface area contributed by atoms with Gasteiger partial charge in [0.05, 0.1) is 6.42 Å². The molecule has 4 nitrogen and oxygen atoms in total. The zero-order chi connectivity index (χ0) is 22.4. The van der Waals surface area contributed by atoms with E-state index in [-0.39, 0.29) is 17.7 Å². The minimum Gasteiger partial charge on any atom is -0.508 e. The van der Waals surface area contributed by atoms with Gasteiger partial charge < -0.3 is 15.5 Å². The lowest BCUT2D eigenvalue weighted by Crippen LogP contribution is -2.37. The van der Waals surface area contributed by atoms with E-state index < -0.39 is 5.97 Å². The van der Waals surface area contributed by atoms with E-state index in [1.807, 2.05) is 32.0 Å². The largest absolute Gasteiger partial charge is 0.508 e. The van der Waals surface area contributed by atoms with E-state index >= 15 is 0 Å². The highest BCUT2D eigenvalue weighted by Crippen LogP contribution is 2.37. The highest BCUT2D eigenvalue weighted by atomic mass is 16.4. The first-order valence-corrected chi connectivity index (χ1v) is 11.2. The number of carboxylic acid groups (broad SMARTS) is 1. The van der Waals surface area contributed by atoms with E-state index in [9.17, 15) is 9.90 Å². The number of hydrogen-bond acceptors (Lipinski definition) is 3. The quantitative estimate of drug-likeness (QED) is 0.526. The molecule has 1 fully saturated rings. The van der Waals surface area contributed by atoms with Crippen molar-refractivity contribution in [3.63, 3.8) is 0 Å². The Morgan fingerprint density at radius 2 is 1.57 bits per heavy atom. The molecule has 0 radical (unpaired) electrons. The van der Waals surface area contributed by atoms with Crippen molar-refractivity contribution in [1.29, 1.82) is 0 Å². The Morgan fingerprint density at radius 1 is 0.967 bits per heavy atom. The van der Waals surface area contributed by atoms with Crippen LogP contribution < -0.4 is 5.32 Å². The van der Waals surface area contributed by atoms with Gasteiger partial charge in [0, 0.05) is 12.1 Å². The Bertz CT molecular complexity index is 830. The second-order valence-electron chi connectivity index (χ2n) is 10.1. The maximum absolute atomic E-state index is 10.6. The molecule has 30 heavy (non-hydrogen) atoms. The first-order valence-electron chi connectivity index (χ1n) is 11.2. The van der Waals surface area contributed by atoms with Gasteiger partial charge in [-0.2, -0.15) is 0 Å². The summed E-state index contributed by atoms with van der Waals surface area (Å²) in [5.74, 6) is 0.452. The van der Waals surface area contributed by atoms with Crippen LogP contribution in [-0.2, 0) is 10.3 Å². The van der Waals surface area contributed by atoms with E-state index in [1.54, 1.807) is 12.1 Å². The molecule has 3 rings (SSSR count). The minimum atomic E-state index is -0.803. The summed E-state index contributed by atoms with van der Waals surface area (Å²) in [5.41, 5.74) is 1.35. The summed E-state index contributed by atoms with van der Waals surface area (Å²) in [6, 6.07) is 11.3. The van der Waals surface area contributed by atoms with E-state index in [0.717, 1.165) is 22.3 Å². The number of phenols is 1. The van der Waals surface area contributed by atoms with E-state index in [1.165, 1.54) is 32.1 Å². The summed E-state index contributed by atoms with van der Waals surface area (Å²) < 4.78 is 0. The number of fused-ring (bicyclic) bond motifs is 1. The molecule has 0 unspecified atom stereocenters. The van der Waals surface area contributed by atoms with Crippen LogP contribution in [0.15, 0.2) is 36.4 Å². The van der Waals surface area contributed by atoms with Gasteiger partial charge >= 0.3 is 5.97 Å². The summed E-state index contributed by atoms with van der Waals surface area (Å²) in [7, 11) is 0. The number of aromatic hydroxyl groups is 1. The molecule has 0 heterocycles. The Labute approximate surface area is 181 Å². The van der Waals surface area contributed by atoms with Gasteiger partial charge in [-0.05, 0) is 72.6 Å². The molecule has 2 aromatic rings. The van der Waals surface area contributed by atoms with Gasteiger partial charge in [-0.15, -0.1) is 0 Å². The highest BCUT2D eigenvalue weighted by molar-refractivity contribution is 5.84. The van der Waals surface area contributed by atoms with Gasteiger partial charge in [-0.1, -0.05) is 58.2 Å². The first kappa shape index (κ1) is 24.2. The third-order valence-corrected chi connectivity index (χ3v) is 6.28. The molecule has 166 valence electrons. The van der Waals surface area contributed by atoms with Gasteiger partial charge in [-0.3, -0.25) is 4.79 Å². The maximum atomic E-state index is 10.6. The van der Waals surface area contributed by atoms with Crippen LogP contribution in [0.3, 0.4) is 0 Å². The number of carboxylic acids is 1. The Kier molecular flexibility index (Phi) is 8.31. The molecule has 0 saturated heterocycles. The summed E-state index contributed by atoms with van der Waals surface area (Å²) in [6.45, 7) is 11.6. The molecule has 3 N–H and O–H groups in total. The van der Waals surface area contributed by atoms with Gasteiger partial charge in [-0.25, -0.2) is 0 Å². The predicted octanol–water partition coefficient (Wildman–Crippen LogP) is 6.46. The lowest BCUT2D eigenvalue weighted by Gasteiger charge is -2.33. The molecule has 1 aliphatic rings. The van der Waals surface area contributed by atoms with E-state index in [0.29, 0.717) is 12.0 Å². The highest BCUT2D eigenvalue weighted by Gasteiger charge is 2.25. The smallest absolute Gasteiger partial charge is 0.304 e. The normalized spacial score (nSPS) is 15.5. The van der Waals surface area contributed by atoms with Gasteiger partial charge in [0.1, 0.15) is 5.75 Å². The molecule has 0 amide bonds. The Morgan fingerprint density at radius 3 is 2.13 bits per heavy atom. The summed E-state index contributed by atoms with van der Waals surface area (Å²) in [4.78, 5) is 10.6. The average molecular weight is 414 g/mol. The number of rotatable bonds is 5. The van der Waals surface area contributed by atoms with Crippen LogP contribution in [0.2, 0.25) is 0 Å². The fourth-order valence-corrected chi connectivity index (χ4v) is 4.17. The number of carbonyl (C=O) groups is 1. The summed E-state index contributed by atoms with van der Waals surface area (Å²) in [6.07, 6.45) is 7.48. The van der Waals surface area contributed by atoms with Gasteiger partial charge in [0.15, 0.2) is 0 Å². The molecule has 0 aromatic heterocycles. The Balaban J connectivity index is 0.000000269. The Hall–Kier alpha value is -2.07. The molecule has 0 atom stereocenters. The monoisotopic (exact) mass is 413 g/mol. The molecule has 0 aliphatic heterocycles. The van der Waals surface area contributed by atoms with Crippen molar-refractivity contribution in [1.82, 2.24) is 5.32 Å². The van der Waals surface area contributed by atoms with Crippen LogP contribution in [0.25, 0.3) is 10.8 Å². The first-order chi connectivity index (χ1) is 14.0. The number of phenolic OH excluding ortho intramolecular Hbond substituents is 1. The third-order valence-electron chi connectivity index (χ3n) is 6.28. The average Bonchev–Trinajstić information content (AvgIpc) is 2.67. The van der Waals surface area contributed by atoms with E-state index in [4.69, 9.17) is 5.11 Å². The molecule has 4 heteroatoms. The van der Waals surface area contributed by atoms with Crippen LogP contribution in [-0.4, -0.2) is 22.7 Å². The lowest BCUT2D eigenvalue weighted by atomic mass is 9.72. The summed E-state index contributed by atoms with van der Waals surface area (Å²) in [5, 5.41) is 23.4. The van der Waals surface area contributed by atoms with E-state index in [2.05, 4.69) is 32.2 Å². The van der Waals surface area contributed by atoms with Crippen molar-refractivity contribution in [3.05, 3.63) is 42.0 Å². The molecule has 1 aliphatic carbocycles. The van der Waals surface area contributed by atoms with Gasteiger partial charge in [0.25, 0.3) is 0 Å². The molecule has 0 bridgehead atoms. The SMILES string of the molecule is CC(C)(C)C1CCCCC1.CC(C)(NCCC(=O)O)c1ccc2cc(O)ccc2c1. The van der Waals surface area contributed by atoms with Crippen molar-refractivity contribution in [3.8, 4) is 5.75 Å². The second kappa shape index (κ2) is 10.3. The number of hydrogen-bond donors (Lipinski definition) is 3. The minimum absolute atomic E-state index is 0.102. The van der Waals surface area contributed by atoms with Crippen molar-refractivity contribution < 1.29 is 15.0 Å². The standard InChI is InChI=1S/C16H19NO3.C10H20/c1-16(2,17-8-7-15(19)20)13-5-3-12-10-14(18)6-4-11(12)9-13;1-10(2,3)9-7-5-4-6-8-9/h3-6,9-10,17-18H,7-8H2,1-2H3,(H,19,20);9H,4-8H2,1-3H3. The van der Waals surface area contributed by atoms with Gasteiger partial charge in [0.2, 0.25) is 0 Å². The molecular formula is C26H39NO3. The third kappa shape index (κ3) is 7.32. The van der Waals surface area contributed by atoms with Crippen LogP contribution in [0.1, 0.15) is 78.7 Å².